The molecule has 0 N–H and O–H groups in total. The van der Waals surface area contributed by atoms with E-state index >= 15 is 0 Å². The van der Waals surface area contributed by atoms with Crippen LogP contribution in [0.15, 0.2) is 48.5 Å². The third kappa shape index (κ3) is 6.06. The number of ether oxygens (including phenoxy) is 3. The van der Waals surface area contributed by atoms with Crippen LogP contribution >= 0.6 is 0 Å². The first kappa shape index (κ1) is 23.3. The minimum absolute atomic E-state index is 0.219. The molecule has 8 nitrogen and oxygen atoms in total. The van der Waals surface area contributed by atoms with E-state index in [4.69, 9.17) is 14.7 Å². The van der Waals surface area contributed by atoms with Crippen LogP contribution in [0.2, 0.25) is 0 Å². The number of methoxy groups -OCH3 is 2. The molecule has 0 aromatic heterocycles. The molecule has 32 heavy (non-hydrogen) atoms. The van der Waals surface area contributed by atoms with Crippen LogP contribution in [0.1, 0.15) is 22.8 Å². The highest BCUT2D eigenvalue weighted by molar-refractivity contribution is 6.32. The van der Waals surface area contributed by atoms with E-state index in [0.717, 1.165) is 16.9 Å². The number of rotatable bonds is 7. The number of esters is 1. The van der Waals surface area contributed by atoms with E-state index in [1.165, 1.54) is 12.0 Å². The molecule has 0 spiro atoms. The van der Waals surface area contributed by atoms with Gasteiger partial charge in [0.2, 0.25) is 0 Å². The van der Waals surface area contributed by atoms with Crippen molar-refractivity contribution >= 4 is 11.9 Å². The third-order valence-electron chi connectivity index (χ3n) is 5.44. The number of piperazine rings is 1. The normalized spacial score (nSPS) is 15.0. The molecule has 1 unspecified atom stereocenters. The quantitative estimate of drug-likeness (QED) is 0.484. The second kappa shape index (κ2) is 11.3. The van der Waals surface area contributed by atoms with Gasteiger partial charge in [-0.25, -0.2) is 4.79 Å². The van der Waals surface area contributed by atoms with Crippen LogP contribution in [0.3, 0.4) is 0 Å². The highest BCUT2D eigenvalue weighted by atomic mass is 16.5. The molecule has 1 atom stereocenters. The lowest BCUT2D eigenvalue weighted by atomic mass is 10.1. The SMILES string of the molecule is COC(=O)C(=O)N1CCN(CC(OCc2ccc(C#N)cc2)c2cccc(OC)c2)CC1. The molecule has 1 aliphatic heterocycles. The minimum Gasteiger partial charge on any atom is -0.497 e. The van der Waals surface area contributed by atoms with E-state index < -0.39 is 11.9 Å². The maximum atomic E-state index is 12.0. The zero-order valence-electron chi connectivity index (χ0n) is 18.3. The molecule has 8 heteroatoms. The van der Waals surface area contributed by atoms with Gasteiger partial charge in [-0.15, -0.1) is 0 Å². The first-order valence-corrected chi connectivity index (χ1v) is 10.4. The molecule has 0 aliphatic carbocycles. The summed E-state index contributed by atoms with van der Waals surface area (Å²) < 4.78 is 16.2. The smallest absolute Gasteiger partial charge is 0.396 e. The Hall–Kier alpha value is -3.41. The van der Waals surface area contributed by atoms with Gasteiger partial charge in [0, 0.05) is 32.7 Å². The Morgan fingerprint density at radius 3 is 2.41 bits per heavy atom. The highest BCUT2D eigenvalue weighted by Crippen LogP contribution is 2.25. The van der Waals surface area contributed by atoms with Crippen molar-refractivity contribution in [1.82, 2.24) is 9.80 Å². The second-order valence-electron chi connectivity index (χ2n) is 7.47. The first-order valence-electron chi connectivity index (χ1n) is 10.4. The molecular formula is C24H27N3O5. The van der Waals surface area contributed by atoms with E-state index in [0.29, 0.717) is 44.9 Å². The van der Waals surface area contributed by atoms with Gasteiger partial charge in [0.25, 0.3) is 0 Å². The van der Waals surface area contributed by atoms with Gasteiger partial charge in [-0.05, 0) is 35.4 Å². The summed E-state index contributed by atoms with van der Waals surface area (Å²) in [4.78, 5) is 27.3. The van der Waals surface area contributed by atoms with Crippen LogP contribution < -0.4 is 4.74 Å². The molecule has 0 saturated carbocycles. The van der Waals surface area contributed by atoms with Crippen molar-refractivity contribution in [1.29, 1.82) is 5.26 Å². The minimum atomic E-state index is -0.835. The molecule has 1 heterocycles. The highest BCUT2D eigenvalue weighted by Gasteiger charge is 2.28. The number of hydrogen-bond acceptors (Lipinski definition) is 7. The lowest BCUT2D eigenvalue weighted by Crippen LogP contribution is -2.51. The van der Waals surface area contributed by atoms with Crippen LogP contribution in [-0.2, 0) is 25.7 Å². The summed E-state index contributed by atoms with van der Waals surface area (Å²) in [6, 6.07) is 17.2. The predicted molar refractivity (Wildman–Crippen MR) is 117 cm³/mol. The number of carbonyl (C=O) groups excluding carboxylic acids is 2. The van der Waals surface area contributed by atoms with Gasteiger partial charge in [-0.1, -0.05) is 24.3 Å². The van der Waals surface area contributed by atoms with Gasteiger partial charge in [-0.2, -0.15) is 5.26 Å². The Morgan fingerprint density at radius 2 is 1.78 bits per heavy atom. The van der Waals surface area contributed by atoms with E-state index in [1.807, 2.05) is 36.4 Å². The van der Waals surface area contributed by atoms with E-state index in [-0.39, 0.29) is 6.10 Å². The Morgan fingerprint density at radius 1 is 1.06 bits per heavy atom. The number of nitrogens with zero attached hydrogens (tertiary/aromatic N) is 3. The van der Waals surface area contributed by atoms with Crippen molar-refractivity contribution in [2.24, 2.45) is 0 Å². The summed E-state index contributed by atoms with van der Waals surface area (Å²) in [6.07, 6.45) is -0.219. The molecule has 1 saturated heterocycles. The Bertz CT molecular complexity index is 962. The van der Waals surface area contributed by atoms with Crippen molar-refractivity contribution in [3.05, 3.63) is 65.2 Å². The molecule has 1 amide bonds. The van der Waals surface area contributed by atoms with Crippen molar-refractivity contribution in [2.75, 3.05) is 46.9 Å². The molecule has 1 fully saturated rings. The summed E-state index contributed by atoms with van der Waals surface area (Å²) in [6.45, 7) is 3.19. The fourth-order valence-electron chi connectivity index (χ4n) is 3.55. The Labute approximate surface area is 187 Å². The van der Waals surface area contributed by atoms with Crippen LogP contribution in [-0.4, -0.2) is 68.6 Å². The fourth-order valence-corrected chi connectivity index (χ4v) is 3.55. The molecular weight excluding hydrogens is 410 g/mol. The fraction of sp³-hybridized carbons (Fsp3) is 0.375. The third-order valence-corrected chi connectivity index (χ3v) is 5.44. The number of hydrogen-bond donors (Lipinski definition) is 0. The zero-order chi connectivity index (χ0) is 22.9. The van der Waals surface area contributed by atoms with Crippen LogP contribution in [0.5, 0.6) is 5.75 Å². The predicted octanol–water partition coefficient (Wildman–Crippen LogP) is 2.14. The topological polar surface area (TPSA) is 92.1 Å². The van der Waals surface area contributed by atoms with Crippen LogP contribution in [0.4, 0.5) is 0 Å². The van der Waals surface area contributed by atoms with Crippen molar-refractivity contribution in [2.45, 2.75) is 12.7 Å². The van der Waals surface area contributed by atoms with Crippen molar-refractivity contribution in [3.63, 3.8) is 0 Å². The maximum absolute atomic E-state index is 12.0. The second-order valence-corrected chi connectivity index (χ2v) is 7.47. The average Bonchev–Trinajstić information content (AvgIpc) is 2.86. The van der Waals surface area contributed by atoms with Gasteiger partial charge < -0.3 is 19.1 Å². The lowest BCUT2D eigenvalue weighted by molar-refractivity contribution is -0.159. The maximum Gasteiger partial charge on any atom is 0.396 e. The first-order chi connectivity index (χ1) is 15.5. The molecule has 3 rings (SSSR count). The van der Waals surface area contributed by atoms with Gasteiger partial charge in [0.05, 0.1) is 38.6 Å². The molecule has 2 aromatic carbocycles. The Balaban J connectivity index is 1.66. The largest absolute Gasteiger partial charge is 0.497 e. The molecule has 0 radical (unpaired) electrons. The van der Waals surface area contributed by atoms with E-state index in [1.54, 1.807) is 19.2 Å². The Kier molecular flexibility index (Phi) is 8.20. The van der Waals surface area contributed by atoms with Gasteiger partial charge in [0.15, 0.2) is 0 Å². The van der Waals surface area contributed by atoms with Gasteiger partial charge in [-0.3, -0.25) is 9.69 Å². The van der Waals surface area contributed by atoms with Crippen molar-refractivity contribution < 1.29 is 23.8 Å². The van der Waals surface area contributed by atoms with Gasteiger partial charge >= 0.3 is 11.9 Å². The monoisotopic (exact) mass is 437 g/mol. The zero-order valence-corrected chi connectivity index (χ0v) is 18.3. The summed E-state index contributed by atoms with van der Waals surface area (Å²) in [5, 5.41) is 8.98. The summed E-state index contributed by atoms with van der Waals surface area (Å²) >= 11 is 0. The molecule has 1 aliphatic rings. The lowest BCUT2D eigenvalue weighted by Gasteiger charge is -2.36. The standard InChI is InChI=1S/C24H27N3O5/c1-30-21-5-3-4-20(14-21)22(32-17-19-8-6-18(15-25)7-9-19)16-26-10-12-27(13-11-26)23(28)24(29)31-2/h3-9,14,22H,10-13,16-17H2,1-2H3. The number of benzene rings is 2. The summed E-state index contributed by atoms with van der Waals surface area (Å²) in [7, 11) is 2.84. The molecule has 0 bridgehead atoms. The number of amides is 1. The molecule has 168 valence electrons. The molecule has 2 aromatic rings. The van der Waals surface area contributed by atoms with Crippen LogP contribution in [0, 0.1) is 11.3 Å². The van der Waals surface area contributed by atoms with Gasteiger partial charge in [0.1, 0.15) is 5.75 Å². The van der Waals surface area contributed by atoms with Crippen molar-refractivity contribution in [3.8, 4) is 11.8 Å². The summed E-state index contributed by atoms with van der Waals surface area (Å²) in [5.41, 5.74) is 2.58. The number of carbonyl (C=O) groups is 2. The van der Waals surface area contributed by atoms with E-state index in [9.17, 15) is 9.59 Å². The number of nitriles is 1. The summed E-state index contributed by atoms with van der Waals surface area (Å²) in [5.74, 6) is -0.685. The van der Waals surface area contributed by atoms with E-state index in [2.05, 4.69) is 15.7 Å². The average molecular weight is 437 g/mol. The van der Waals surface area contributed by atoms with Crippen LogP contribution in [0.25, 0.3) is 0 Å².